The van der Waals surface area contributed by atoms with Crippen LogP contribution in [0.3, 0.4) is 0 Å². The second-order valence-corrected chi connectivity index (χ2v) is 30.7. The van der Waals surface area contributed by atoms with Crippen molar-refractivity contribution >= 4 is 74.5 Å². The molecule has 12 rings (SSSR count). The van der Waals surface area contributed by atoms with Gasteiger partial charge in [0.25, 0.3) is 6.71 Å². The van der Waals surface area contributed by atoms with Crippen molar-refractivity contribution in [1.82, 2.24) is 0 Å². The first-order chi connectivity index (χ1) is 36.3. The molecule has 0 N–H and O–H groups in total. The van der Waals surface area contributed by atoms with Crippen LogP contribution >= 0.6 is 0 Å². The summed E-state index contributed by atoms with van der Waals surface area (Å²) >= 11 is 0. The van der Waals surface area contributed by atoms with E-state index in [0.717, 1.165) is 60.6 Å². The molecule has 0 atom stereocenters. The van der Waals surface area contributed by atoms with Crippen molar-refractivity contribution in [2.75, 3.05) is 14.7 Å². The number of rotatable bonds is 5. The molecule has 0 spiro atoms. The van der Waals surface area contributed by atoms with E-state index in [-0.39, 0.29) is 50.0 Å². The van der Waals surface area contributed by atoms with Gasteiger partial charge < -0.3 is 19.1 Å². The predicted molar refractivity (Wildman–Crippen MR) is 335 cm³/mol. The van der Waals surface area contributed by atoms with Crippen LogP contribution in [0.1, 0.15) is 213 Å². The van der Waals surface area contributed by atoms with Gasteiger partial charge in [0.15, 0.2) is 0 Å². The third kappa shape index (κ3) is 8.10. The van der Waals surface area contributed by atoms with Gasteiger partial charge >= 0.3 is 0 Å². The standard InChI is InChI=1S/C73H88BN3O/c1-45-39-47(67(5,6)7)27-32-57(45)77-58-44-55-54(70(12,13)35-36-71(55,14)15)43-56(58)74-62-59(76(49-28-25-46(26-29-49)66(2,3)4)63-61-64(78-65(63)74)73(18,19)38-37-72(61,16)17)41-51(42-60(62)77)75(48-23-21-20-22-24-48)50-30-31-52-53(40-50)69(10,11)34-33-68(52,8)9/h20-32,39-44H,33-38H2,1-19H3. The van der Waals surface area contributed by atoms with Crippen LogP contribution in [0.5, 0.6) is 0 Å². The van der Waals surface area contributed by atoms with Crippen LogP contribution in [0.2, 0.25) is 0 Å². The maximum atomic E-state index is 7.90. The van der Waals surface area contributed by atoms with Crippen LogP contribution < -0.4 is 31.3 Å². The summed E-state index contributed by atoms with van der Waals surface area (Å²) in [5, 5.41) is 0. The number of hydrogen-bond donors (Lipinski definition) is 0. The molecule has 1 aromatic heterocycles. The Morgan fingerprint density at radius 1 is 0.449 bits per heavy atom. The fraction of sp³-hybridized carbons (Fsp3) is 0.452. The van der Waals surface area contributed by atoms with Crippen LogP contribution in [-0.2, 0) is 43.3 Å². The second-order valence-electron chi connectivity index (χ2n) is 30.7. The number of furan rings is 1. The number of hydrogen-bond acceptors (Lipinski definition) is 4. The minimum Gasteiger partial charge on any atom is -0.472 e. The molecule has 5 heteroatoms. The number of aryl methyl sites for hydroxylation is 1. The zero-order valence-corrected chi connectivity index (χ0v) is 51.0. The Hall–Kier alpha value is -5.94. The molecule has 0 fully saturated rings. The van der Waals surface area contributed by atoms with Gasteiger partial charge in [0.05, 0.1) is 17.0 Å². The Morgan fingerprint density at radius 2 is 0.974 bits per heavy atom. The van der Waals surface area contributed by atoms with Crippen molar-refractivity contribution in [3.63, 3.8) is 0 Å². The molecule has 3 aliphatic carbocycles. The topological polar surface area (TPSA) is 22.9 Å². The van der Waals surface area contributed by atoms with Crippen LogP contribution in [0.4, 0.5) is 51.2 Å². The van der Waals surface area contributed by atoms with Crippen molar-refractivity contribution in [2.24, 2.45) is 0 Å². The Kier molecular flexibility index (Phi) is 11.5. The first kappa shape index (κ1) is 52.7. The molecule has 5 aliphatic rings. The third-order valence-electron chi connectivity index (χ3n) is 20.2. The third-order valence-corrected chi connectivity index (χ3v) is 20.2. The van der Waals surface area contributed by atoms with Crippen molar-refractivity contribution < 1.29 is 4.42 Å². The highest BCUT2D eigenvalue weighted by Crippen LogP contribution is 2.58. The monoisotopic (exact) mass is 1030 g/mol. The Labute approximate surface area is 470 Å². The van der Waals surface area contributed by atoms with E-state index in [4.69, 9.17) is 4.42 Å². The summed E-state index contributed by atoms with van der Waals surface area (Å²) in [7, 11) is 0. The van der Waals surface area contributed by atoms with E-state index >= 15 is 0 Å². The van der Waals surface area contributed by atoms with Gasteiger partial charge in [-0.25, -0.2) is 0 Å². The number of benzene rings is 6. The first-order valence-corrected chi connectivity index (χ1v) is 29.7. The van der Waals surface area contributed by atoms with Gasteiger partial charge in [-0.1, -0.05) is 179 Å². The van der Waals surface area contributed by atoms with E-state index < -0.39 is 0 Å². The molecule has 78 heavy (non-hydrogen) atoms. The van der Waals surface area contributed by atoms with E-state index in [0.29, 0.717) is 0 Å². The fourth-order valence-electron chi connectivity index (χ4n) is 14.7. The van der Waals surface area contributed by atoms with E-state index in [1.165, 1.54) is 96.0 Å². The molecule has 404 valence electrons. The van der Waals surface area contributed by atoms with Crippen LogP contribution in [0, 0.1) is 6.92 Å². The zero-order valence-electron chi connectivity index (χ0n) is 51.0. The molecule has 0 saturated heterocycles. The molecular formula is C73H88BN3O. The highest BCUT2D eigenvalue weighted by molar-refractivity contribution is 6.99. The lowest BCUT2D eigenvalue weighted by atomic mass is 9.35. The maximum absolute atomic E-state index is 7.90. The van der Waals surface area contributed by atoms with E-state index in [2.05, 4.69) is 262 Å². The first-order valence-electron chi connectivity index (χ1n) is 29.7. The summed E-state index contributed by atoms with van der Waals surface area (Å²) in [6, 6.07) is 45.9. The minimum absolute atomic E-state index is 0.00150. The number of anilines is 9. The number of para-hydroxylation sites is 1. The summed E-state index contributed by atoms with van der Waals surface area (Å²) in [4.78, 5) is 7.93. The molecule has 7 aromatic rings. The van der Waals surface area contributed by atoms with Crippen molar-refractivity contribution in [1.29, 1.82) is 0 Å². The summed E-state index contributed by atoms with van der Waals surface area (Å²) in [5.41, 5.74) is 25.5. The summed E-state index contributed by atoms with van der Waals surface area (Å²) in [6.45, 7) is 45.7. The van der Waals surface area contributed by atoms with Gasteiger partial charge in [0.2, 0.25) is 0 Å². The van der Waals surface area contributed by atoms with Gasteiger partial charge in [0, 0.05) is 50.8 Å². The number of fused-ring (bicyclic) bond motifs is 8. The highest BCUT2D eigenvalue weighted by Gasteiger charge is 2.54. The van der Waals surface area contributed by atoms with Crippen molar-refractivity contribution in [3.8, 4) is 0 Å². The quantitative estimate of drug-likeness (QED) is 0.160. The molecule has 0 bridgehead atoms. The SMILES string of the molecule is Cc1cc(C(C)(C)C)ccc1N1c2cc3c(cc2B2c4oc5c(c4N(c4ccc(C(C)(C)C)cc4)c4cc(N(c6ccccc6)c6ccc7c(c6)C(C)(C)CCC7(C)C)cc1c42)C(C)(C)CCC5(C)C)C(C)(C)CCC3(C)C. The van der Waals surface area contributed by atoms with Gasteiger partial charge in [0.1, 0.15) is 5.76 Å². The average molecular weight is 1030 g/mol. The lowest BCUT2D eigenvalue weighted by Gasteiger charge is -2.47. The molecule has 6 aromatic carbocycles. The number of nitrogens with zero attached hydrogens (tertiary/aromatic N) is 3. The fourth-order valence-corrected chi connectivity index (χ4v) is 14.7. The lowest BCUT2D eigenvalue weighted by Crippen LogP contribution is -2.61. The van der Waals surface area contributed by atoms with Gasteiger partial charge in [-0.05, 0) is 194 Å². The van der Waals surface area contributed by atoms with Crippen LogP contribution in [-0.4, -0.2) is 6.71 Å². The zero-order chi connectivity index (χ0) is 55.8. The molecule has 0 saturated carbocycles. The van der Waals surface area contributed by atoms with Gasteiger partial charge in [-0.2, -0.15) is 0 Å². The van der Waals surface area contributed by atoms with E-state index in [1.807, 2.05) is 0 Å². The normalized spacial score (nSPS) is 19.7. The molecular weight excluding hydrogens is 946 g/mol. The van der Waals surface area contributed by atoms with Crippen molar-refractivity contribution in [3.05, 3.63) is 166 Å². The Bertz CT molecular complexity index is 3570. The van der Waals surface area contributed by atoms with E-state index in [9.17, 15) is 0 Å². The van der Waals surface area contributed by atoms with Crippen LogP contribution in [0.25, 0.3) is 0 Å². The lowest BCUT2D eigenvalue weighted by molar-refractivity contribution is 0.282. The molecule has 0 radical (unpaired) electrons. The predicted octanol–water partition coefficient (Wildman–Crippen LogP) is 18.8. The van der Waals surface area contributed by atoms with Gasteiger partial charge in [-0.3, -0.25) is 0 Å². The Morgan fingerprint density at radius 3 is 1.56 bits per heavy atom. The average Bonchev–Trinajstić information content (AvgIpc) is 3.84. The summed E-state index contributed by atoms with van der Waals surface area (Å²) in [5.74, 6) is 1.15. The van der Waals surface area contributed by atoms with E-state index in [1.54, 1.807) is 0 Å². The summed E-state index contributed by atoms with van der Waals surface area (Å²) < 4.78 is 7.90. The molecule has 4 nitrogen and oxygen atoms in total. The molecule has 2 aliphatic heterocycles. The molecule has 3 heterocycles. The Balaban J connectivity index is 1.26. The smallest absolute Gasteiger partial charge is 0.297 e. The van der Waals surface area contributed by atoms with Gasteiger partial charge in [-0.15, -0.1) is 0 Å². The minimum atomic E-state index is -0.162. The van der Waals surface area contributed by atoms with Crippen LogP contribution in [0.15, 0.2) is 120 Å². The maximum Gasteiger partial charge on any atom is 0.297 e. The van der Waals surface area contributed by atoms with Crippen molar-refractivity contribution in [2.45, 2.75) is 213 Å². The molecule has 0 unspecified atom stereocenters. The molecule has 0 amide bonds. The summed E-state index contributed by atoms with van der Waals surface area (Å²) in [6.07, 6.45) is 6.76. The highest BCUT2D eigenvalue weighted by atomic mass is 16.3. The second kappa shape index (κ2) is 17.0. The largest absolute Gasteiger partial charge is 0.472 e.